The molecular weight excluding hydrogens is 243 g/mol. The Labute approximate surface area is 112 Å². The van der Waals surface area contributed by atoms with Gasteiger partial charge in [-0.05, 0) is 18.8 Å². The molecule has 1 aromatic carbocycles. The normalized spacial score (nSPS) is 10.7. The van der Waals surface area contributed by atoms with E-state index < -0.39 is 0 Å². The van der Waals surface area contributed by atoms with E-state index in [4.69, 9.17) is 0 Å². The van der Waals surface area contributed by atoms with Gasteiger partial charge < -0.3 is 9.80 Å². The van der Waals surface area contributed by atoms with Crippen LogP contribution in [-0.2, 0) is 11.3 Å². The molecule has 0 radical (unpaired) electrons. The highest BCUT2D eigenvalue weighted by Crippen LogP contribution is 2.03. The monoisotopic (exact) mass is 266 g/mol. The number of benzene rings is 1. The zero-order valence-electron chi connectivity index (χ0n) is 11.3. The van der Waals surface area contributed by atoms with Crippen molar-refractivity contribution in [3.8, 4) is 0 Å². The summed E-state index contributed by atoms with van der Waals surface area (Å²) in [5.74, 6) is 0.158. The highest BCUT2D eigenvalue weighted by atomic mass is 31.0. The predicted molar refractivity (Wildman–Crippen MR) is 79.6 cm³/mol. The standard InChI is InChI=1S/C14H23N2OP/c1-13(17)16(10-11-18)9-8-15(2)12-14-6-4-3-5-7-14/h3-7H,8-12,18H2,1-2H3. The molecule has 1 atom stereocenters. The average Bonchev–Trinajstić information content (AvgIpc) is 2.35. The number of hydrogen-bond acceptors (Lipinski definition) is 2. The molecule has 4 heteroatoms. The Morgan fingerprint density at radius 1 is 1.17 bits per heavy atom. The molecule has 0 spiro atoms. The van der Waals surface area contributed by atoms with E-state index >= 15 is 0 Å². The number of likely N-dealkylation sites (N-methyl/N-ethyl adjacent to an activating group) is 1. The van der Waals surface area contributed by atoms with Gasteiger partial charge in [0, 0.05) is 33.1 Å². The van der Waals surface area contributed by atoms with Crippen molar-refractivity contribution in [2.75, 3.05) is 32.8 Å². The van der Waals surface area contributed by atoms with Crippen molar-refractivity contribution in [3.05, 3.63) is 35.9 Å². The zero-order chi connectivity index (χ0) is 13.4. The number of hydrogen-bond donors (Lipinski definition) is 0. The van der Waals surface area contributed by atoms with E-state index in [1.165, 1.54) is 5.56 Å². The van der Waals surface area contributed by atoms with Crippen LogP contribution >= 0.6 is 9.24 Å². The van der Waals surface area contributed by atoms with Gasteiger partial charge in [0.05, 0.1) is 0 Å². The molecular formula is C14H23N2OP. The third-order valence-electron chi connectivity index (χ3n) is 2.89. The van der Waals surface area contributed by atoms with E-state index in [0.717, 1.165) is 32.3 Å². The third kappa shape index (κ3) is 5.61. The SMILES string of the molecule is CC(=O)N(CCP)CCN(C)Cc1ccccc1. The summed E-state index contributed by atoms with van der Waals surface area (Å²) < 4.78 is 0. The molecule has 3 nitrogen and oxygen atoms in total. The largest absolute Gasteiger partial charge is 0.341 e. The lowest BCUT2D eigenvalue weighted by Gasteiger charge is -2.24. The van der Waals surface area contributed by atoms with Gasteiger partial charge in [-0.2, -0.15) is 0 Å². The molecule has 0 saturated heterocycles. The molecule has 1 rings (SSSR count). The maximum absolute atomic E-state index is 11.4. The quantitative estimate of drug-likeness (QED) is 0.703. The molecule has 0 heterocycles. The fourth-order valence-electron chi connectivity index (χ4n) is 1.85. The van der Waals surface area contributed by atoms with Crippen LogP contribution in [0.3, 0.4) is 0 Å². The van der Waals surface area contributed by atoms with Gasteiger partial charge in [0.25, 0.3) is 0 Å². The molecule has 1 unspecified atom stereocenters. The van der Waals surface area contributed by atoms with E-state index in [-0.39, 0.29) is 5.91 Å². The van der Waals surface area contributed by atoms with Crippen molar-refractivity contribution in [1.82, 2.24) is 9.80 Å². The second-order valence-corrected chi connectivity index (χ2v) is 5.10. The van der Waals surface area contributed by atoms with Crippen LogP contribution in [0.4, 0.5) is 0 Å². The minimum Gasteiger partial charge on any atom is -0.341 e. The van der Waals surface area contributed by atoms with Crippen LogP contribution in [0.2, 0.25) is 0 Å². The van der Waals surface area contributed by atoms with Gasteiger partial charge >= 0.3 is 0 Å². The molecule has 0 aliphatic rings. The van der Waals surface area contributed by atoms with Crippen molar-refractivity contribution in [3.63, 3.8) is 0 Å². The number of rotatable bonds is 7. The first-order valence-corrected chi connectivity index (χ1v) is 7.13. The van der Waals surface area contributed by atoms with Crippen LogP contribution in [-0.4, -0.2) is 48.6 Å². The number of carbonyl (C=O) groups is 1. The first-order valence-electron chi connectivity index (χ1n) is 6.31. The first-order chi connectivity index (χ1) is 8.63. The van der Waals surface area contributed by atoms with Gasteiger partial charge in [-0.3, -0.25) is 4.79 Å². The summed E-state index contributed by atoms with van der Waals surface area (Å²) in [5, 5.41) is 0. The van der Waals surface area contributed by atoms with E-state index in [2.05, 4.69) is 45.5 Å². The lowest BCUT2D eigenvalue weighted by atomic mass is 10.2. The molecule has 0 fully saturated rings. The second-order valence-electron chi connectivity index (χ2n) is 4.52. The molecule has 100 valence electrons. The van der Waals surface area contributed by atoms with Crippen molar-refractivity contribution < 1.29 is 4.79 Å². The molecule has 1 aromatic rings. The van der Waals surface area contributed by atoms with Crippen molar-refractivity contribution in [1.29, 1.82) is 0 Å². The van der Waals surface area contributed by atoms with Gasteiger partial charge in [-0.25, -0.2) is 0 Å². The summed E-state index contributed by atoms with van der Waals surface area (Å²) >= 11 is 0. The van der Waals surface area contributed by atoms with Crippen LogP contribution < -0.4 is 0 Å². The van der Waals surface area contributed by atoms with Crippen LogP contribution in [0.1, 0.15) is 12.5 Å². The first kappa shape index (κ1) is 15.1. The molecule has 0 aliphatic heterocycles. The highest BCUT2D eigenvalue weighted by Gasteiger charge is 2.08. The summed E-state index contributed by atoms with van der Waals surface area (Å²) in [5.41, 5.74) is 1.31. The Morgan fingerprint density at radius 2 is 1.83 bits per heavy atom. The zero-order valence-corrected chi connectivity index (χ0v) is 12.5. The minimum absolute atomic E-state index is 0.158. The van der Waals surface area contributed by atoms with Crippen molar-refractivity contribution in [2.24, 2.45) is 0 Å². The van der Waals surface area contributed by atoms with Crippen molar-refractivity contribution in [2.45, 2.75) is 13.5 Å². The van der Waals surface area contributed by atoms with Crippen LogP contribution in [0.15, 0.2) is 30.3 Å². The summed E-state index contributed by atoms with van der Waals surface area (Å²) in [6.07, 6.45) is 0.933. The molecule has 0 aliphatic carbocycles. The molecule has 18 heavy (non-hydrogen) atoms. The highest BCUT2D eigenvalue weighted by molar-refractivity contribution is 7.16. The number of carbonyl (C=O) groups excluding carboxylic acids is 1. The van der Waals surface area contributed by atoms with E-state index in [0.29, 0.717) is 0 Å². The summed E-state index contributed by atoms with van der Waals surface area (Å²) in [6, 6.07) is 10.4. The summed E-state index contributed by atoms with van der Waals surface area (Å²) in [6.45, 7) is 5.08. The Kier molecular flexibility index (Phi) is 6.92. The Morgan fingerprint density at radius 3 is 2.39 bits per heavy atom. The fraction of sp³-hybridized carbons (Fsp3) is 0.500. The third-order valence-corrected chi connectivity index (χ3v) is 3.15. The number of amides is 1. The molecule has 0 aromatic heterocycles. The van der Waals surface area contributed by atoms with Crippen LogP contribution in [0.5, 0.6) is 0 Å². The van der Waals surface area contributed by atoms with E-state index in [1.54, 1.807) is 6.92 Å². The summed E-state index contributed by atoms with van der Waals surface area (Å²) in [7, 11) is 4.75. The molecule has 0 N–H and O–H groups in total. The van der Waals surface area contributed by atoms with Gasteiger partial charge in [-0.1, -0.05) is 30.3 Å². The minimum atomic E-state index is 0.158. The maximum atomic E-state index is 11.4. The smallest absolute Gasteiger partial charge is 0.219 e. The topological polar surface area (TPSA) is 23.6 Å². The fourth-order valence-corrected chi connectivity index (χ4v) is 2.16. The van der Waals surface area contributed by atoms with Gasteiger partial charge in [0.15, 0.2) is 0 Å². The second kappa shape index (κ2) is 8.23. The predicted octanol–water partition coefficient (Wildman–Crippen LogP) is 1.84. The van der Waals surface area contributed by atoms with Crippen molar-refractivity contribution >= 4 is 15.1 Å². The van der Waals surface area contributed by atoms with E-state index in [1.807, 2.05) is 11.0 Å². The lowest BCUT2D eigenvalue weighted by Crippen LogP contribution is -2.37. The van der Waals surface area contributed by atoms with Gasteiger partial charge in [-0.15, -0.1) is 9.24 Å². The Hall–Kier alpha value is -0.920. The molecule has 0 saturated carbocycles. The Balaban J connectivity index is 2.36. The number of nitrogens with zero attached hydrogens (tertiary/aromatic N) is 2. The molecule has 1 amide bonds. The average molecular weight is 266 g/mol. The summed E-state index contributed by atoms with van der Waals surface area (Å²) in [4.78, 5) is 15.5. The Bertz CT molecular complexity index is 356. The lowest BCUT2D eigenvalue weighted by molar-refractivity contribution is -0.128. The van der Waals surface area contributed by atoms with E-state index in [9.17, 15) is 4.79 Å². The van der Waals surface area contributed by atoms with Crippen LogP contribution in [0, 0.1) is 0 Å². The van der Waals surface area contributed by atoms with Gasteiger partial charge in [0.1, 0.15) is 0 Å². The molecule has 0 bridgehead atoms. The maximum Gasteiger partial charge on any atom is 0.219 e. The van der Waals surface area contributed by atoms with Gasteiger partial charge in [0.2, 0.25) is 5.91 Å². The van der Waals surface area contributed by atoms with Crippen LogP contribution in [0.25, 0.3) is 0 Å².